The number of imidazole rings is 1. The second kappa shape index (κ2) is 6.94. The molecular formula is C20H23N3O3. The van der Waals surface area contributed by atoms with Crippen LogP contribution in [0.3, 0.4) is 0 Å². The Kier molecular flexibility index (Phi) is 4.49. The monoisotopic (exact) mass is 353 g/mol. The molecule has 0 spiro atoms. The Bertz CT molecular complexity index is 884. The van der Waals surface area contributed by atoms with Gasteiger partial charge in [-0.25, -0.2) is 4.98 Å². The summed E-state index contributed by atoms with van der Waals surface area (Å²) in [5.74, 6) is -1.23. The van der Waals surface area contributed by atoms with Crippen molar-refractivity contribution in [2.45, 2.75) is 45.1 Å². The second-order valence-electron chi connectivity index (χ2n) is 7.18. The molecule has 6 nitrogen and oxygen atoms in total. The van der Waals surface area contributed by atoms with Crippen molar-refractivity contribution in [2.75, 3.05) is 5.32 Å². The van der Waals surface area contributed by atoms with Gasteiger partial charge in [0.25, 0.3) is 0 Å². The summed E-state index contributed by atoms with van der Waals surface area (Å²) < 4.78 is 2.28. The molecule has 26 heavy (non-hydrogen) atoms. The van der Waals surface area contributed by atoms with Gasteiger partial charge in [-0.2, -0.15) is 0 Å². The van der Waals surface area contributed by atoms with E-state index >= 15 is 0 Å². The van der Waals surface area contributed by atoms with E-state index in [0.29, 0.717) is 18.5 Å². The average Bonchev–Trinajstić information content (AvgIpc) is 2.82. The van der Waals surface area contributed by atoms with Crippen LogP contribution in [0, 0.1) is 11.8 Å². The minimum Gasteiger partial charge on any atom is -0.481 e. The molecule has 2 N–H and O–H groups in total. The molecule has 1 aromatic carbocycles. The van der Waals surface area contributed by atoms with Gasteiger partial charge in [-0.3, -0.25) is 9.59 Å². The molecular weight excluding hydrogens is 330 g/mol. The molecule has 136 valence electrons. The van der Waals surface area contributed by atoms with E-state index in [1.165, 1.54) is 19.3 Å². The van der Waals surface area contributed by atoms with E-state index in [9.17, 15) is 14.7 Å². The molecule has 0 saturated heterocycles. The van der Waals surface area contributed by atoms with Crippen molar-refractivity contribution in [3.63, 3.8) is 0 Å². The highest BCUT2D eigenvalue weighted by molar-refractivity contribution is 5.97. The lowest BCUT2D eigenvalue weighted by molar-refractivity contribution is -0.146. The largest absolute Gasteiger partial charge is 0.481 e. The maximum Gasteiger partial charge on any atom is 0.307 e. The van der Waals surface area contributed by atoms with Crippen molar-refractivity contribution in [3.8, 4) is 0 Å². The molecule has 0 unspecified atom stereocenters. The molecule has 0 radical (unpaired) electrons. The maximum atomic E-state index is 12.6. The molecule has 1 amide bonds. The third-order valence-electron chi connectivity index (χ3n) is 5.46. The normalized spacial score (nSPS) is 22.6. The van der Waals surface area contributed by atoms with Crippen molar-refractivity contribution in [1.29, 1.82) is 0 Å². The lowest BCUT2D eigenvalue weighted by Gasteiger charge is -2.24. The number of carboxylic acid groups (broad SMARTS) is 1. The van der Waals surface area contributed by atoms with E-state index in [2.05, 4.69) is 9.88 Å². The summed E-state index contributed by atoms with van der Waals surface area (Å²) in [5.41, 5.74) is 2.66. The second-order valence-corrected chi connectivity index (χ2v) is 7.18. The number of fused-ring (bicyclic) bond motifs is 3. The molecule has 1 aliphatic carbocycles. The van der Waals surface area contributed by atoms with Gasteiger partial charge < -0.3 is 15.0 Å². The Morgan fingerprint density at radius 3 is 2.73 bits per heavy atom. The first-order chi connectivity index (χ1) is 12.6. The number of hydrogen-bond donors (Lipinski definition) is 2. The highest BCUT2D eigenvalue weighted by Gasteiger charge is 2.34. The van der Waals surface area contributed by atoms with Crippen LogP contribution in [-0.4, -0.2) is 26.5 Å². The van der Waals surface area contributed by atoms with E-state index in [4.69, 9.17) is 4.98 Å². The summed E-state index contributed by atoms with van der Waals surface area (Å²) in [7, 11) is 0. The molecule has 1 aromatic heterocycles. The molecule has 4 rings (SSSR count). The number of hydrogen-bond acceptors (Lipinski definition) is 3. The van der Waals surface area contributed by atoms with E-state index in [1.807, 2.05) is 30.4 Å². The fourth-order valence-electron chi connectivity index (χ4n) is 4.04. The molecule has 6 heteroatoms. The molecule has 0 fully saturated rings. The first kappa shape index (κ1) is 16.8. The molecule has 2 atom stereocenters. The highest BCUT2D eigenvalue weighted by atomic mass is 16.4. The minimum atomic E-state index is -0.914. The number of benzene rings is 1. The van der Waals surface area contributed by atoms with Crippen molar-refractivity contribution in [1.82, 2.24) is 9.55 Å². The van der Waals surface area contributed by atoms with E-state index in [-0.39, 0.29) is 5.91 Å². The zero-order chi connectivity index (χ0) is 18.1. The van der Waals surface area contributed by atoms with Crippen LogP contribution in [0.5, 0.6) is 0 Å². The Morgan fingerprint density at radius 1 is 1.12 bits per heavy atom. The van der Waals surface area contributed by atoms with Gasteiger partial charge in [-0.15, -0.1) is 0 Å². The zero-order valence-corrected chi connectivity index (χ0v) is 14.6. The SMILES string of the molecule is O=C(O)[C@H]1CC=CC[C@H]1C(=O)Nc1ccc2c(c1)nc1n2CCCCC1. The Labute approximate surface area is 151 Å². The summed E-state index contributed by atoms with van der Waals surface area (Å²) in [6, 6.07) is 5.78. The number of nitrogens with one attached hydrogen (secondary N) is 1. The molecule has 1 aliphatic heterocycles. The van der Waals surface area contributed by atoms with Crippen LogP contribution in [0.1, 0.15) is 37.9 Å². The van der Waals surface area contributed by atoms with Gasteiger partial charge in [0.1, 0.15) is 5.82 Å². The van der Waals surface area contributed by atoms with Crippen LogP contribution in [0.25, 0.3) is 11.0 Å². The van der Waals surface area contributed by atoms with E-state index in [1.54, 1.807) is 0 Å². The van der Waals surface area contributed by atoms with Crippen molar-refractivity contribution in [3.05, 3.63) is 36.2 Å². The smallest absolute Gasteiger partial charge is 0.307 e. The number of nitrogens with zero attached hydrogens (tertiary/aromatic N) is 2. The zero-order valence-electron chi connectivity index (χ0n) is 14.6. The number of carboxylic acids is 1. The fraction of sp³-hybridized carbons (Fsp3) is 0.450. The number of aryl methyl sites for hydroxylation is 2. The van der Waals surface area contributed by atoms with Gasteiger partial charge in [0.2, 0.25) is 5.91 Å². The van der Waals surface area contributed by atoms with Crippen molar-refractivity contribution >= 4 is 28.6 Å². The third kappa shape index (κ3) is 3.11. The average molecular weight is 353 g/mol. The van der Waals surface area contributed by atoms with Crippen LogP contribution < -0.4 is 5.32 Å². The lowest BCUT2D eigenvalue weighted by atomic mass is 9.82. The number of aliphatic carboxylic acids is 1. The molecule has 0 bridgehead atoms. The predicted octanol–water partition coefficient (Wildman–Crippen LogP) is 3.37. The number of carbonyl (C=O) groups is 2. The Hall–Kier alpha value is -2.63. The highest BCUT2D eigenvalue weighted by Crippen LogP contribution is 2.28. The van der Waals surface area contributed by atoms with Crippen molar-refractivity contribution in [2.24, 2.45) is 11.8 Å². The first-order valence-electron chi connectivity index (χ1n) is 9.31. The summed E-state index contributed by atoms with van der Waals surface area (Å²) in [5, 5.41) is 12.3. The maximum absolute atomic E-state index is 12.6. The number of aromatic nitrogens is 2. The van der Waals surface area contributed by atoms with Crippen molar-refractivity contribution < 1.29 is 14.7 Å². The number of carbonyl (C=O) groups excluding carboxylic acids is 1. The molecule has 2 aliphatic rings. The van der Waals surface area contributed by atoms with Gasteiger partial charge in [-0.05, 0) is 43.9 Å². The quantitative estimate of drug-likeness (QED) is 0.829. The predicted molar refractivity (Wildman–Crippen MR) is 98.9 cm³/mol. The Morgan fingerprint density at radius 2 is 1.92 bits per heavy atom. The van der Waals surface area contributed by atoms with Crippen LogP contribution in [-0.2, 0) is 22.6 Å². The van der Waals surface area contributed by atoms with Crippen LogP contribution in [0.2, 0.25) is 0 Å². The van der Waals surface area contributed by atoms with Gasteiger partial charge in [0, 0.05) is 18.7 Å². The summed E-state index contributed by atoms with van der Waals surface area (Å²) >= 11 is 0. The van der Waals surface area contributed by atoms with Gasteiger partial charge in [-0.1, -0.05) is 18.6 Å². The lowest BCUT2D eigenvalue weighted by Crippen LogP contribution is -2.34. The van der Waals surface area contributed by atoms with Crippen LogP contribution in [0.4, 0.5) is 5.69 Å². The molecule has 0 saturated carbocycles. The number of allylic oxidation sites excluding steroid dienone is 2. The molecule has 2 aromatic rings. The summed E-state index contributed by atoms with van der Waals surface area (Å²) in [6.07, 6.45) is 9.15. The van der Waals surface area contributed by atoms with Gasteiger partial charge in [0.15, 0.2) is 0 Å². The van der Waals surface area contributed by atoms with Crippen LogP contribution in [0.15, 0.2) is 30.4 Å². The van der Waals surface area contributed by atoms with E-state index in [0.717, 1.165) is 29.8 Å². The summed E-state index contributed by atoms with van der Waals surface area (Å²) in [4.78, 5) is 28.8. The van der Waals surface area contributed by atoms with E-state index < -0.39 is 17.8 Å². The third-order valence-corrected chi connectivity index (χ3v) is 5.46. The van der Waals surface area contributed by atoms with Gasteiger partial charge >= 0.3 is 5.97 Å². The standard InChI is InChI=1S/C20H23N3O3/c24-19(14-6-3-4-7-15(14)20(25)26)21-13-9-10-17-16(12-13)22-18-8-2-1-5-11-23(17)18/h3-4,9-10,12,14-15H,1-2,5-8,11H2,(H,21,24)(H,25,26)/t14-,15+/m1/s1. The topological polar surface area (TPSA) is 84.2 Å². The first-order valence-corrected chi connectivity index (χ1v) is 9.31. The van der Waals surface area contributed by atoms with Crippen LogP contribution >= 0.6 is 0 Å². The fourth-order valence-corrected chi connectivity index (χ4v) is 4.04. The number of anilines is 1. The summed E-state index contributed by atoms with van der Waals surface area (Å²) in [6.45, 7) is 0.992. The van der Waals surface area contributed by atoms with Gasteiger partial charge in [0.05, 0.1) is 22.9 Å². The Balaban J connectivity index is 1.56. The molecule has 2 heterocycles. The number of amides is 1. The number of rotatable bonds is 3. The minimum absolute atomic E-state index is 0.234.